The maximum absolute atomic E-state index is 12.2. The molecule has 0 saturated carbocycles. The molecule has 0 aliphatic carbocycles. The number of pyridine rings is 2. The third-order valence-corrected chi connectivity index (χ3v) is 3.81. The molecule has 1 amide bonds. The van der Waals surface area contributed by atoms with Gasteiger partial charge < -0.3 is 14.5 Å². The summed E-state index contributed by atoms with van der Waals surface area (Å²) in [7, 11) is 0. The van der Waals surface area contributed by atoms with Gasteiger partial charge in [-0.05, 0) is 36.8 Å². The second-order valence-corrected chi connectivity index (χ2v) is 6.02. The maximum atomic E-state index is 12.2. The van der Waals surface area contributed by atoms with Gasteiger partial charge in [0.25, 0.3) is 0 Å². The van der Waals surface area contributed by atoms with Crippen LogP contribution in [0.25, 0.3) is 5.65 Å². The van der Waals surface area contributed by atoms with Crippen LogP contribution in [0.15, 0.2) is 49.1 Å². The predicted octanol–water partition coefficient (Wildman–Crippen LogP) is 3.09. The average Bonchev–Trinajstić information content (AvgIpc) is 3.07. The van der Waals surface area contributed by atoms with Gasteiger partial charge >= 0.3 is 6.18 Å². The number of nitrogens with zero attached hydrogens (tertiary/aromatic N) is 3. The summed E-state index contributed by atoms with van der Waals surface area (Å²) in [4.78, 5) is 20.5. The van der Waals surface area contributed by atoms with E-state index in [0.29, 0.717) is 5.69 Å². The lowest BCUT2D eigenvalue weighted by Gasteiger charge is -2.14. The Morgan fingerprint density at radius 2 is 2.07 bits per heavy atom. The summed E-state index contributed by atoms with van der Waals surface area (Å²) in [6.07, 6.45) is 2.30. The van der Waals surface area contributed by atoms with Crippen molar-refractivity contribution in [2.24, 2.45) is 0 Å². The van der Waals surface area contributed by atoms with E-state index in [-0.39, 0.29) is 18.1 Å². The Bertz CT molecular complexity index is 922. The van der Waals surface area contributed by atoms with Crippen molar-refractivity contribution in [1.29, 1.82) is 0 Å². The minimum atomic E-state index is -4.40. The highest BCUT2D eigenvalue weighted by molar-refractivity contribution is 5.79. The topological polar surface area (TPSA) is 68.5 Å². The molecular formula is C18H17F3N4O2. The van der Waals surface area contributed by atoms with E-state index in [1.807, 2.05) is 28.9 Å². The Morgan fingerprint density at radius 3 is 2.78 bits per heavy atom. The van der Waals surface area contributed by atoms with Crippen LogP contribution < -0.4 is 10.1 Å². The predicted molar refractivity (Wildman–Crippen MR) is 91.2 cm³/mol. The summed E-state index contributed by atoms with van der Waals surface area (Å²) in [5, 5.41) is 2.81. The number of carbonyl (C=O) groups is 1. The smallest absolute Gasteiger partial charge is 0.422 e. The first kappa shape index (κ1) is 18.7. The molecule has 0 aromatic carbocycles. The number of alkyl halides is 3. The molecule has 0 spiro atoms. The number of imidazole rings is 1. The number of fused-ring (bicyclic) bond motifs is 1. The van der Waals surface area contributed by atoms with Crippen LogP contribution in [0.5, 0.6) is 5.75 Å². The number of amides is 1. The van der Waals surface area contributed by atoms with Crippen molar-refractivity contribution in [1.82, 2.24) is 19.7 Å². The molecule has 0 aliphatic heterocycles. The SMILES string of the molecule is C[C@@H](NC(=O)Cc1ccn2ccnc2c1)c1ccc(OCC(F)(F)F)cn1. The molecule has 0 unspecified atom stereocenters. The number of hydrogen-bond acceptors (Lipinski definition) is 4. The molecule has 1 N–H and O–H groups in total. The molecule has 0 fully saturated rings. The zero-order valence-electron chi connectivity index (χ0n) is 14.4. The van der Waals surface area contributed by atoms with E-state index in [2.05, 4.69) is 20.0 Å². The lowest BCUT2D eigenvalue weighted by molar-refractivity contribution is -0.153. The molecule has 0 radical (unpaired) electrons. The number of aromatic nitrogens is 3. The highest BCUT2D eigenvalue weighted by atomic mass is 19.4. The largest absolute Gasteiger partial charge is 0.483 e. The summed E-state index contributed by atoms with van der Waals surface area (Å²) in [6, 6.07) is 6.18. The van der Waals surface area contributed by atoms with Crippen LogP contribution in [-0.4, -0.2) is 33.1 Å². The van der Waals surface area contributed by atoms with Crippen LogP contribution in [0.1, 0.15) is 24.2 Å². The number of nitrogens with one attached hydrogen (secondary N) is 1. The van der Waals surface area contributed by atoms with Gasteiger partial charge in [0.15, 0.2) is 6.61 Å². The molecule has 3 rings (SSSR count). The van der Waals surface area contributed by atoms with Gasteiger partial charge in [-0.25, -0.2) is 4.98 Å². The van der Waals surface area contributed by atoms with E-state index >= 15 is 0 Å². The van der Waals surface area contributed by atoms with Gasteiger partial charge in [0, 0.05) is 18.6 Å². The standard InChI is InChI=1S/C18H17F3N4O2/c1-12(15-3-2-14(10-23-15)27-11-18(19,20)21)24-17(26)9-13-4-6-25-7-5-22-16(25)8-13/h2-8,10,12H,9,11H2,1H3,(H,24,26)/t12-/m1/s1. The van der Waals surface area contributed by atoms with Crippen molar-refractivity contribution >= 4 is 11.6 Å². The van der Waals surface area contributed by atoms with Crippen molar-refractivity contribution in [2.75, 3.05) is 6.61 Å². The summed E-state index contributed by atoms with van der Waals surface area (Å²) in [5.74, 6) is -0.180. The number of hydrogen-bond donors (Lipinski definition) is 1. The Labute approximate surface area is 153 Å². The summed E-state index contributed by atoms with van der Waals surface area (Å²) >= 11 is 0. The molecular weight excluding hydrogens is 361 g/mol. The minimum absolute atomic E-state index is 0.0163. The van der Waals surface area contributed by atoms with Crippen molar-refractivity contribution in [3.8, 4) is 5.75 Å². The van der Waals surface area contributed by atoms with Gasteiger partial charge in [-0.2, -0.15) is 13.2 Å². The lowest BCUT2D eigenvalue weighted by atomic mass is 10.1. The van der Waals surface area contributed by atoms with Crippen LogP contribution in [0.2, 0.25) is 0 Å². The van der Waals surface area contributed by atoms with Crippen molar-refractivity contribution < 1.29 is 22.7 Å². The summed E-state index contributed by atoms with van der Waals surface area (Å²) in [5.41, 5.74) is 2.10. The fourth-order valence-electron chi connectivity index (χ4n) is 2.51. The molecule has 1 atom stereocenters. The molecule has 3 aromatic rings. The minimum Gasteiger partial charge on any atom is -0.483 e. The third kappa shape index (κ3) is 5.19. The lowest BCUT2D eigenvalue weighted by Crippen LogP contribution is -2.28. The number of halogens is 3. The molecule has 27 heavy (non-hydrogen) atoms. The zero-order valence-corrected chi connectivity index (χ0v) is 14.4. The normalized spacial score (nSPS) is 12.7. The highest BCUT2D eigenvalue weighted by Gasteiger charge is 2.28. The van der Waals surface area contributed by atoms with Gasteiger partial charge in [0.1, 0.15) is 11.4 Å². The van der Waals surface area contributed by atoms with Gasteiger partial charge in [-0.1, -0.05) is 0 Å². The van der Waals surface area contributed by atoms with E-state index in [1.54, 1.807) is 13.1 Å². The number of carbonyl (C=O) groups excluding carboxylic acids is 1. The first-order chi connectivity index (χ1) is 12.8. The first-order valence-corrected chi connectivity index (χ1v) is 8.16. The van der Waals surface area contributed by atoms with E-state index < -0.39 is 18.8 Å². The maximum Gasteiger partial charge on any atom is 0.422 e. The first-order valence-electron chi connectivity index (χ1n) is 8.16. The molecule has 9 heteroatoms. The summed E-state index contributed by atoms with van der Waals surface area (Å²) in [6.45, 7) is 0.370. The van der Waals surface area contributed by atoms with Crippen LogP contribution in [-0.2, 0) is 11.2 Å². The Hall–Kier alpha value is -3.10. The highest BCUT2D eigenvalue weighted by Crippen LogP contribution is 2.19. The Kier molecular flexibility index (Phi) is 5.29. The molecule has 0 bridgehead atoms. The van der Waals surface area contributed by atoms with Crippen LogP contribution in [0.3, 0.4) is 0 Å². The van der Waals surface area contributed by atoms with E-state index in [0.717, 1.165) is 11.2 Å². The second-order valence-electron chi connectivity index (χ2n) is 6.02. The van der Waals surface area contributed by atoms with Gasteiger partial charge in [-0.15, -0.1) is 0 Å². The fourth-order valence-corrected chi connectivity index (χ4v) is 2.51. The Morgan fingerprint density at radius 1 is 1.26 bits per heavy atom. The number of rotatable bonds is 6. The van der Waals surface area contributed by atoms with E-state index in [9.17, 15) is 18.0 Å². The van der Waals surface area contributed by atoms with Crippen molar-refractivity contribution in [3.63, 3.8) is 0 Å². The molecule has 3 heterocycles. The average molecular weight is 378 g/mol. The van der Waals surface area contributed by atoms with Crippen LogP contribution >= 0.6 is 0 Å². The molecule has 0 aliphatic rings. The summed E-state index contributed by atoms with van der Waals surface area (Å²) < 4.78 is 42.9. The van der Waals surface area contributed by atoms with Crippen molar-refractivity contribution in [3.05, 3.63) is 60.3 Å². The molecule has 142 valence electrons. The zero-order chi connectivity index (χ0) is 19.4. The molecule has 0 saturated heterocycles. The van der Waals surface area contributed by atoms with Crippen LogP contribution in [0, 0.1) is 0 Å². The van der Waals surface area contributed by atoms with Crippen LogP contribution in [0.4, 0.5) is 13.2 Å². The molecule has 3 aromatic heterocycles. The Balaban J connectivity index is 1.55. The van der Waals surface area contributed by atoms with Gasteiger partial charge in [0.2, 0.25) is 5.91 Å². The van der Waals surface area contributed by atoms with E-state index in [4.69, 9.17) is 0 Å². The van der Waals surface area contributed by atoms with Gasteiger partial charge in [0.05, 0.1) is 24.4 Å². The van der Waals surface area contributed by atoms with Crippen molar-refractivity contribution in [2.45, 2.75) is 25.6 Å². The number of ether oxygens (including phenoxy) is 1. The fraction of sp³-hybridized carbons (Fsp3) is 0.278. The third-order valence-electron chi connectivity index (χ3n) is 3.81. The van der Waals surface area contributed by atoms with E-state index in [1.165, 1.54) is 18.3 Å². The monoisotopic (exact) mass is 378 g/mol. The van der Waals surface area contributed by atoms with Gasteiger partial charge in [-0.3, -0.25) is 9.78 Å². The second kappa shape index (κ2) is 7.65. The molecule has 6 nitrogen and oxygen atoms in total. The quantitative estimate of drug-likeness (QED) is 0.716.